The molecule has 0 aliphatic carbocycles. The predicted octanol–water partition coefficient (Wildman–Crippen LogP) is 0.704. The fraction of sp³-hybridized carbons (Fsp3) is 0.438. The molecule has 0 saturated carbocycles. The maximum absolute atomic E-state index is 12.6. The van der Waals surface area contributed by atoms with Gasteiger partial charge in [-0.3, -0.25) is 9.59 Å². The Balaban J connectivity index is 2.25. The quantitative estimate of drug-likeness (QED) is 0.882. The van der Waals surface area contributed by atoms with Crippen LogP contribution in [0.25, 0.3) is 0 Å². The molecule has 2 amide bonds. The molecule has 1 heterocycles. The van der Waals surface area contributed by atoms with E-state index in [1.807, 2.05) is 6.92 Å². The molecule has 1 aromatic carbocycles. The molecule has 0 spiro atoms. The summed E-state index contributed by atoms with van der Waals surface area (Å²) in [5, 5.41) is 9.22. The normalized spacial score (nSPS) is 17.7. The largest absolute Gasteiger partial charge is 0.480 e. The summed E-state index contributed by atoms with van der Waals surface area (Å²) in [4.78, 5) is 38.9. The number of nitrogens with zero attached hydrogens (tertiary/aromatic N) is 2. The number of amides is 2. The molecule has 1 aliphatic rings. The van der Waals surface area contributed by atoms with Gasteiger partial charge >= 0.3 is 5.97 Å². The van der Waals surface area contributed by atoms with Crippen molar-refractivity contribution in [2.75, 3.05) is 33.4 Å². The zero-order chi connectivity index (χ0) is 17.0. The molecule has 2 rings (SSSR count). The van der Waals surface area contributed by atoms with E-state index in [2.05, 4.69) is 0 Å². The Hall–Kier alpha value is -2.41. The van der Waals surface area contributed by atoms with Crippen molar-refractivity contribution >= 4 is 17.8 Å². The zero-order valence-corrected chi connectivity index (χ0v) is 13.2. The average molecular weight is 320 g/mol. The second kappa shape index (κ2) is 7.23. The number of carbonyl (C=O) groups excluding carboxylic acids is 2. The molecule has 1 saturated heterocycles. The summed E-state index contributed by atoms with van der Waals surface area (Å²) < 4.78 is 5.13. The smallest absolute Gasteiger partial charge is 0.328 e. The molecule has 7 heteroatoms. The first-order chi connectivity index (χ1) is 11.0. The number of hydrogen-bond donors (Lipinski definition) is 1. The van der Waals surface area contributed by atoms with Gasteiger partial charge in [-0.25, -0.2) is 4.79 Å². The van der Waals surface area contributed by atoms with E-state index in [1.54, 1.807) is 30.1 Å². The molecule has 23 heavy (non-hydrogen) atoms. The number of hydrogen-bond acceptors (Lipinski definition) is 4. The minimum Gasteiger partial charge on any atom is -0.480 e. The first-order valence-electron chi connectivity index (χ1n) is 7.42. The molecule has 1 aromatic rings. The lowest BCUT2D eigenvalue weighted by Crippen LogP contribution is -2.52. The Morgan fingerprint density at radius 3 is 2.70 bits per heavy atom. The third kappa shape index (κ3) is 3.68. The summed E-state index contributed by atoms with van der Waals surface area (Å²) in [5.41, 5.74) is 0.703. The lowest BCUT2D eigenvalue weighted by Gasteiger charge is -2.33. The van der Waals surface area contributed by atoms with E-state index >= 15 is 0 Å². The standard InChI is InChI=1S/C16H20N2O5/c1-3-17(2)14(19)11-5-4-6-12(9-11)15(20)18-7-8-23-10-13(18)16(21)22/h4-6,9,13H,3,7-8,10H2,1-2H3,(H,21,22). The van der Waals surface area contributed by atoms with Gasteiger partial charge in [0.1, 0.15) is 0 Å². The predicted molar refractivity (Wildman–Crippen MR) is 82.4 cm³/mol. The van der Waals surface area contributed by atoms with Gasteiger partial charge in [0.25, 0.3) is 11.8 Å². The second-order valence-corrected chi connectivity index (χ2v) is 5.33. The van der Waals surface area contributed by atoms with E-state index < -0.39 is 17.9 Å². The summed E-state index contributed by atoms with van der Waals surface area (Å²) in [6, 6.07) is 5.35. The molecule has 7 nitrogen and oxygen atoms in total. The summed E-state index contributed by atoms with van der Waals surface area (Å²) in [7, 11) is 1.68. The van der Waals surface area contributed by atoms with Crippen molar-refractivity contribution in [2.45, 2.75) is 13.0 Å². The number of carboxylic acid groups (broad SMARTS) is 1. The molecule has 0 radical (unpaired) electrons. The molecule has 1 unspecified atom stereocenters. The minimum absolute atomic E-state index is 0.0295. The second-order valence-electron chi connectivity index (χ2n) is 5.33. The molecular weight excluding hydrogens is 300 g/mol. The van der Waals surface area contributed by atoms with Gasteiger partial charge in [-0.15, -0.1) is 0 Å². The monoisotopic (exact) mass is 320 g/mol. The van der Waals surface area contributed by atoms with Crippen LogP contribution in [0.4, 0.5) is 0 Å². The highest BCUT2D eigenvalue weighted by atomic mass is 16.5. The average Bonchev–Trinajstić information content (AvgIpc) is 2.59. The highest BCUT2D eigenvalue weighted by molar-refractivity contribution is 6.00. The van der Waals surface area contributed by atoms with Crippen LogP contribution in [0.3, 0.4) is 0 Å². The van der Waals surface area contributed by atoms with Crippen molar-refractivity contribution in [1.82, 2.24) is 9.80 Å². The first-order valence-corrected chi connectivity index (χ1v) is 7.42. The number of rotatable bonds is 4. The van der Waals surface area contributed by atoms with Crippen LogP contribution in [0.15, 0.2) is 24.3 Å². The fourth-order valence-electron chi connectivity index (χ4n) is 2.37. The molecule has 0 aromatic heterocycles. The van der Waals surface area contributed by atoms with Crippen molar-refractivity contribution in [3.63, 3.8) is 0 Å². The highest BCUT2D eigenvalue weighted by Gasteiger charge is 2.33. The van der Waals surface area contributed by atoms with Gasteiger partial charge in [0.05, 0.1) is 13.2 Å². The molecule has 0 bridgehead atoms. The molecule has 1 fully saturated rings. The Morgan fingerprint density at radius 2 is 2.04 bits per heavy atom. The van der Waals surface area contributed by atoms with Crippen LogP contribution in [0.1, 0.15) is 27.6 Å². The van der Waals surface area contributed by atoms with Crippen molar-refractivity contribution in [3.05, 3.63) is 35.4 Å². The lowest BCUT2D eigenvalue weighted by molar-refractivity contribution is -0.147. The summed E-state index contributed by atoms with van der Waals surface area (Å²) >= 11 is 0. The van der Waals surface area contributed by atoms with Crippen LogP contribution >= 0.6 is 0 Å². The van der Waals surface area contributed by atoms with Gasteiger partial charge < -0.3 is 19.6 Å². The van der Waals surface area contributed by atoms with E-state index in [1.165, 1.54) is 11.0 Å². The van der Waals surface area contributed by atoms with E-state index in [0.29, 0.717) is 24.3 Å². The highest BCUT2D eigenvalue weighted by Crippen LogP contribution is 2.15. The van der Waals surface area contributed by atoms with Crippen LogP contribution in [0.5, 0.6) is 0 Å². The number of aliphatic carboxylic acids is 1. The Morgan fingerprint density at radius 1 is 1.35 bits per heavy atom. The molecule has 1 atom stereocenters. The van der Waals surface area contributed by atoms with Crippen molar-refractivity contribution in [3.8, 4) is 0 Å². The van der Waals surface area contributed by atoms with E-state index in [4.69, 9.17) is 4.74 Å². The van der Waals surface area contributed by atoms with Crippen LogP contribution in [0.2, 0.25) is 0 Å². The lowest BCUT2D eigenvalue weighted by atomic mass is 10.1. The Kier molecular flexibility index (Phi) is 5.33. The first kappa shape index (κ1) is 17.0. The minimum atomic E-state index is -1.10. The van der Waals surface area contributed by atoms with Crippen LogP contribution in [-0.4, -0.2) is 72.1 Å². The van der Waals surface area contributed by atoms with E-state index in [0.717, 1.165) is 0 Å². The van der Waals surface area contributed by atoms with Gasteiger partial charge in [-0.1, -0.05) is 6.07 Å². The maximum atomic E-state index is 12.6. The van der Waals surface area contributed by atoms with E-state index in [9.17, 15) is 19.5 Å². The topological polar surface area (TPSA) is 87.2 Å². The SMILES string of the molecule is CCN(C)C(=O)c1cccc(C(=O)N2CCOCC2C(=O)O)c1. The third-order valence-corrected chi connectivity index (χ3v) is 3.85. The molecule has 1 N–H and O–H groups in total. The van der Waals surface area contributed by atoms with Gasteiger partial charge in [0.2, 0.25) is 0 Å². The fourth-order valence-corrected chi connectivity index (χ4v) is 2.37. The summed E-state index contributed by atoms with van der Waals surface area (Å²) in [6.07, 6.45) is 0. The Labute approximate surface area is 134 Å². The zero-order valence-electron chi connectivity index (χ0n) is 13.2. The number of carboxylic acids is 1. The van der Waals surface area contributed by atoms with Gasteiger partial charge in [0, 0.05) is 31.3 Å². The summed E-state index contributed by atoms with van der Waals surface area (Å²) in [5.74, 6) is -1.69. The maximum Gasteiger partial charge on any atom is 0.328 e. The van der Waals surface area contributed by atoms with Gasteiger partial charge in [-0.2, -0.15) is 0 Å². The molecule has 1 aliphatic heterocycles. The van der Waals surface area contributed by atoms with Crippen molar-refractivity contribution < 1.29 is 24.2 Å². The van der Waals surface area contributed by atoms with Gasteiger partial charge in [-0.05, 0) is 25.1 Å². The number of benzene rings is 1. The van der Waals surface area contributed by atoms with Crippen LogP contribution in [-0.2, 0) is 9.53 Å². The van der Waals surface area contributed by atoms with Crippen LogP contribution in [0, 0.1) is 0 Å². The van der Waals surface area contributed by atoms with Gasteiger partial charge in [0.15, 0.2) is 6.04 Å². The van der Waals surface area contributed by atoms with Crippen LogP contribution < -0.4 is 0 Å². The van der Waals surface area contributed by atoms with Crippen molar-refractivity contribution in [1.29, 1.82) is 0 Å². The molecule has 124 valence electrons. The number of carbonyl (C=O) groups is 3. The Bertz CT molecular complexity index is 616. The third-order valence-electron chi connectivity index (χ3n) is 3.85. The summed E-state index contributed by atoms with van der Waals surface area (Å²) in [6.45, 7) is 2.90. The number of morpholine rings is 1. The molecular formula is C16H20N2O5. The van der Waals surface area contributed by atoms with E-state index in [-0.39, 0.29) is 19.1 Å². The van der Waals surface area contributed by atoms with Crippen molar-refractivity contribution in [2.24, 2.45) is 0 Å². The number of ether oxygens (including phenoxy) is 1.